The predicted octanol–water partition coefficient (Wildman–Crippen LogP) is 3.78. The number of hydrogen-bond acceptors (Lipinski definition) is 3. The molecule has 1 saturated heterocycles. The summed E-state index contributed by atoms with van der Waals surface area (Å²) < 4.78 is 19.5. The molecule has 3 rings (SSSR count). The minimum absolute atomic E-state index is 0. The lowest BCUT2D eigenvalue weighted by Crippen LogP contribution is -2.27. The van der Waals surface area contributed by atoms with Crippen molar-refractivity contribution in [2.45, 2.75) is 12.8 Å². The molecule has 0 radical (unpaired) electrons. The quantitative estimate of drug-likeness (QED) is 0.802. The van der Waals surface area contributed by atoms with E-state index in [0.29, 0.717) is 12.0 Å². The molecule has 6 heteroatoms. The van der Waals surface area contributed by atoms with Gasteiger partial charge in [0.15, 0.2) is 11.6 Å². The molecule has 2 N–H and O–H groups in total. The molecule has 0 spiro atoms. The van der Waals surface area contributed by atoms with E-state index in [4.69, 9.17) is 4.74 Å². The summed E-state index contributed by atoms with van der Waals surface area (Å²) >= 11 is 0. The molecule has 0 unspecified atom stereocenters. The minimum Gasteiger partial charge on any atom is -0.494 e. The third-order valence-corrected chi connectivity index (χ3v) is 4.86. The van der Waals surface area contributed by atoms with Crippen LogP contribution in [0.5, 0.6) is 5.75 Å². The van der Waals surface area contributed by atoms with Crippen LogP contribution < -0.4 is 10.1 Å². The second-order valence-corrected chi connectivity index (χ2v) is 6.42. The van der Waals surface area contributed by atoms with Crippen molar-refractivity contribution in [3.8, 4) is 16.9 Å². The van der Waals surface area contributed by atoms with E-state index < -0.39 is 17.7 Å². The summed E-state index contributed by atoms with van der Waals surface area (Å²) in [6.07, 6.45) is 1.32. The summed E-state index contributed by atoms with van der Waals surface area (Å²) in [5.74, 6) is -1.28. The van der Waals surface area contributed by atoms with E-state index >= 15 is 0 Å². The zero-order chi connectivity index (χ0) is 17.8. The number of carbonyl (C=O) groups is 1. The number of hydrogen-bond donors (Lipinski definition) is 2. The SMILES string of the molecule is COc1cccc(-c2cccc(C[C@H](C(=O)O)[C@H]3CCNC3)c2)c1F.Cl. The number of benzene rings is 2. The molecule has 1 aliphatic rings. The Hall–Kier alpha value is -2.11. The average molecular weight is 380 g/mol. The molecule has 0 aliphatic carbocycles. The number of rotatable bonds is 6. The van der Waals surface area contributed by atoms with Crippen molar-refractivity contribution in [1.82, 2.24) is 5.32 Å². The molecule has 1 heterocycles. The van der Waals surface area contributed by atoms with Gasteiger partial charge in [0, 0.05) is 5.56 Å². The topological polar surface area (TPSA) is 58.6 Å². The van der Waals surface area contributed by atoms with Crippen molar-refractivity contribution in [2.24, 2.45) is 11.8 Å². The minimum atomic E-state index is -0.772. The van der Waals surface area contributed by atoms with Gasteiger partial charge >= 0.3 is 5.97 Å². The Morgan fingerprint density at radius 1 is 1.35 bits per heavy atom. The van der Waals surface area contributed by atoms with E-state index in [0.717, 1.165) is 30.6 Å². The fraction of sp³-hybridized carbons (Fsp3) is 0.350. The molecule has 4 nitrogen and oxygen atoms in total. The maximum Gasteiger partial charge on any atom is 0.307 e. The van der Waals surface area contributed by atoms with Gasteiger partial charge in [-0.15, -0.1) is 12.4 Å². The van der Waals surface area contributed by atoms with Gasteiger partial charge in [-0.05, 0) is 49.0 Å². The second-order valence-electron chi connectivity index (χ2n) is 6.42. The van der Waals surface area contributed by atoms with Gasteiger partial charge in [-0.25, -0.2) is 4.39 Å². The summed E-state index contributed by atoms with van der Waals surface area (Å²) in [5.41, 5.74) is 2.08. The number of aliphatic carboxylic acids is 1. The summed E-state index contributed by atoms with van der Waals surface area (Å²) in [6, 6.07) is 12.5. The van der Waals surface area contributed by atoms with Gasteiger partial charge in [-0.3, -0.25) is 4.79 Å². The molecule has 2 atom stereocenters. The van der Waals surface area contributed by atoms with Crippen LogP contribution in [0.25, 0.3) is 11.1 Å². The summed E-state index contributed by atoms with van der Waals surface area (Å²) in [5, 5.41) is 12.8. The Morgan fingerprint density at radius 2 is 2.12 bits per heavy atom. The molecule has 0 aromatic heterocycles. The van der Waals surface area contributed by atoms with Crippen molar-refractivity contribution in [1.29, 1.82) is 0 Å². The number of halogens is 2. The van der Waals surface area contributed by atoms with Gasteiger partial charge in [-0.2, -0.15) is 0 Å². The molecule has 0 amide bonds. The smallest absolute Gasteiger partial charge is 0.307 e. The van der Waals surface area contributed by atoms with Crippen molar-refractivity contribution < 1.29 is 19.0 Å². The second kappa shape index (κ2) is 9.01. The number of carboxylic acids is 1. The third-order valence-electron chi connectivity index (χ3n) is 4.86. The molecule has 0 saturated carbocycles. The monoisotopic (exact) mass is 379 g/mol. The van der Waals surface area contributed by atoms with Gasteiger partial charge in [0.05, 0.1) is 13.0 Å². The molecule has 2 aromatic rings. The fourth-order valence-corrected chi connectivity index (χ4v) is 3.49. The maximum absolute atomic E-state index is 14.5. The average Bonchev–Trinajstić information content (AvgIpc) is 3.14. The lowest BCUT2D eigenvalue weighted by Gasteiger charge is -2.19. The third kappa shape index (κ3) is 4.34. The first-order valence-electron chi connectivity index (χ1n) is 8.45. The van der Waals surface area contributed by atoms with Gasteiger partial charge in [0.25, 0.3) is 0 Å². The van der Waals surface area contributed by atoms with E-state index in [1.807, 2.05) is 24.3 Å². The molecule has 1 fully saturated rings. The van der Waals surface area contributed by atoms with Crippen molar-refractivity contribution in [3.63, 3.8) is 0 Å². The Bertz CT molecular complexity index is 762. The van der Waals surface area contributed by atoms with Crippen LogP contribution in [0.15, 0.2) is 42.5 Å². The lowest BCUT2D eigenvalue weighted by atomic mass is 9.85. The van der Waals surface area contributed by atoms with Crippen molar-refractivity contribution >= 4 is 18.4 Å². The van der Waals surface area contributed by atoms with E-state index in [1.54, 1.807) is 18.2 Å². The highest BCUT2D eigenvalue weighted by Gasteiger charge is 2.30. The molecule has 1 aliphatic heterocycles. The molecule has 140 valence electrons. The van der Waals surface area contributed by atoms with Crippen LogP contribution in [-0.2, 0) is 11.2 Å². The molecule has 26 heavy (non-hydrogen) atoms. The summed E-state index contributed by atoms with van der Waals surface area (Å²) in [6.45, 7) is 1.60. The zero-order valence-electron chi connectivity index (χ0n) is 14.6. The summed E-state index contributed by atoms with van der Waals surface area (Å²) in [7, 11) is 1.44. The molecule has 2 aromatic carbocycles. The highest BCUT2D eigenvalue weighted by Crippen LogP contribution is 2.31. The van der Waals surface area contributed by atoms with E-state index in [1.165, 1.54) is 7.11 Å². The Morgan fingerprint density at radius 3 is 2.77 bits per heavy atom. The van der Waals surface area contributed by atoms with E-state index in [2.05, 4.69) is 5.32 Å². The standard InChI is InChI=1S/C20H22FNO3.ClH/c1-25-18-7-3-6-16(19(18)21)14-5-2-4-13(10-14)11-17(20(23)24)15-8-9-22-12-15;/h2-7,10,15,17,22H,8-9,11-12H2,1H3,(H,23,24);1H/t15-,17-;/m0./s1. The molecular weight excluding hydrogens is 357 g/mol. The molecular formula is C20H23ClFNO3. The first kappa shape index (κ1) is 20.2. The number of ether oxygens (including phenoxy) is 1. The maximum atomic E-state index is 14.5. The van der Waals surface area contributed by atoms with Crippen molar-refractivity contribution in [2.75, 3.05) is 20.2 Å². The number of nitrogens with one attached hydrogen (secondary N) is 1. The van der Waals surface area contributed by atoms with Crippen LogP contribution in [0.1, 0.15) is 12.0 Å². The van der Waals surface area contributed by atoms with E-state index in [9.17, 15) is 14.3 Å². The Kier molecular flexibility index (Phi) is 7.00. The number of carboxylic acid groups (broad SMARTS) is 1. The largest absolute Gasteiger partial charge is 0.494 e. The lowest BCUT2D eigenvalue weighted by molar-refractivity contribution is -0.143. The fourth-order valence-electron chi connectivity index (χ4n) is 3.49. The summed E-state index contributed by atoms with van der Waals surface area (Å²) in [4.78, 5) is 11.7. The first-order valence-corrected chi connectivity index (χ1v) is 8.45. The Balaban J connectivity index is 0.00000243. The number of methoxy groups -OCH3 is 1. The van der Waals surface area contributed by atoms with Gasteiger partial charge in [0.1, 0.15) is 0 Å². The van der Waals surface area contributed by atoms with E-state index in [-0.39, 0.29) is 24.1 Å². The van der Waals surface area contributed by atoms with Crippen LogP contribution >= 0.6 is 12.4 Å². The van der Waals surface area contributed by atoms with Gasteiger partial charge < -0.3 is 15.2 Å². The Labute approximate surface area is 158 Å². The first-order chi connectivity index (χ1) is 12.1. The van der Waals surface area contributed by atoms with Crippen LogP contribution in [0.2, 0.25) is 0 Å². The van der Waals surface area contributed by atoms with Crippen molar-refractivity contribution in [3.05, 3.63) is 53.8 Å². The highest BCUT2D eigenvalue weighted by atomic mass is 35.5. The van der Waals surface area contributed by atoms with Crippen LogP contribution in [0.3, 0.4) is 0 Å². The van der Waals surface area contributed by atoms with Crippen LogP contribution in [0, 0.1) is 17.7 Å². The van der Waals surface area contributed by atoms with Crippen LogP contribution in [0.4, 0.5) is 4.39 Å². The highest BCUT2D eigenvalue weighted by molar-refractivity contribution is 5.85. The van der Waals surface area contributed by atoms with Crippen LogP contribution in [-0.4, -0.2) is 31.3 Å². The zero-order valence-corrected chi connectivity index (χ0v) is 15.4. The van der Waals surface area contributed by atoms with Gasteiger partial charge in [0.2, 0.25) is 0 Å². The predicted molar refractivity (Wildman–Crippen MR) is 101 cm³/mol. The van der Waals surface area contributed by atoms with Gasteiger partial charge in [-0.1, -0.05) is 36.4 Å². The normalized spacial score (nSPS) is 17.4. The molecule has 0 bridgehead atoms.